The first-order valence-corrected chi connectivity index (χ1v) is 6.35. The van der Waals surface area contributed by atoms with Crippen LogP contribution in [0.4, 0.5) is 4.39 Å². The molecule has 0 fully saturated rings. The lowest BCUT2D eigenvalue weighted by molar-refractivity contribution is 0.0814. The molecule has 21 heavy (non-hydrogen) atoms. The molecule has 1 amide bonds. The number of nitrogens with zero attached hydrogens (tertiary/aromatic N) is 2. The van der Waals surface area contributed by atoms with Crippen molar-refractivity contribution >= 4 is 5.91 Å². The third-order valence-corrected chi connectivity index (χ3v) is 3.38. The monoisotopic (exact) mass is 282 g/mol. The van der Waals surface area contributed by atoms with Gasteiger partial charge >= 0.3 is 0 Å². The first kappa shape index (κ1) is 13.1. The van der Waals surface area contributed by atoms with Gasteiger partial charge in [0.15, 0.2) is 11.6 Å². The predicted molar refractivity (Wildman–Crippen MR) is 73.4 cm³/mol. The van der Waals surface area contributed by atoms with Gasteiger partial charge in [0.2, 0.25) is 0 Å². The van der Waals surface area contributed by atoms with E-state index in [9.17, 15) is 9.18 Å². The normalized spacial score (nSPS) is 13.0. The number of ether oxygens (including phenoxy) is 1. The maximum atomic E-state index is 13.9. The molecule has 104 valence electrons. The topological polar surface area (TPSA) is 53.3 Å². The molecule has 5 heteroatoms. The highest BCUT2D eigenvalue weighted by molar-refractivity contribution is 6.00. The number of hydrogen-bond acceptors (Lipinski definition) is 3. The highest BCUT2D eigenvalue weighted by Crippen LogP contribution is 2.35. The van der Waals surface area contributed by atoms with Crippen molar-refractivity contribution in [3.63, 3.8) is 0 Å². The predicted octanol–water partition coefficient (Wildman–Crippen LogP) is 3.08. The summed E-state index contributed by atoms with van der Waals surface area (Å²) in [6, 6.07) is 11.2. The smallest absolute Gasteiger partial charge is 0.258 e. The molecule has 0 unspecified atom stereocenters. The number of fused-ring (bicyclic) bond motifs is 1. The molecule has 0 saturated carbocycles. The number of halogens is 1. The molecule has 0 radical (unpaired) electrons. The minimum absolute atomic E-state index is 0.0893. The molecule has 0 saturated heterocycles. The van der Waals surface area contributed by atoms with Crippen molar-refractivity contribution in [1.82, 2.24) is 4.90 Å². The van der Waals surface area contributed by atoms with Crippen molar-refractivity contribution < 1.29 is 13.9 Å². The fourth-order valence-corrected chi connectivity index (χ4v) is 2.36. The zero-order chi connectivity index (χ0) is 15.0. The largest absolute Gasteiger partial charge is 0.452 e. The number of rotatable bonds is 2. The SMILES string of the molecule is CN1Cc2cccc(Oc3c(F)cccc3C#N)c2C1=O. The molecular weight excluding hydrogens is 271 g/mol. The number of nitriles is 1. The summed E-state index contributed by atoms with van der Waals surface area (Å²) in [5, 5.41) is 9.04. The Kier molecular flexibility index (Phi) is 3.07. The van der Waals surface area contributed by atoms with E-state index in [-0.39, 0.29) is 23.0 Å². The molecule has 0 aromatic heterocycles. The average Bonchev–Trinajstić information content (AvgIpc) is 2.77. The summed E-state index contributed by atoms with van der Waals surface area (Å²) in [5.41, 5.74) is 1.34. The molecule has 0 N–H and O–H groups in total. The van der Waals surface area contributed by atoms with Crippen LogP contribution >= 0.6 is 0 Å². The van der Waals surface area contributed by atoms with E-state index < -0.39 is 5.82 Å². The van der Waals surface area contributed by atoms with Gasteiger partial charge in [0.05, 0.1) is 11.1 Å². The number of hydrogen-bond donors (Lipinski definition) is 0. The van der Waals surface area contributed by atoms with Gasteiger partial charge in [0.25, 0.3) is 5.91 Å². The van der Waals surface area contributed by atoms with Gasteiger partial charge < -0.3 is 9.64 Å². The van der Waals surface area contributed by atoms with Gasteiger partial charge in [-0.2, -0.15) is 5.26 Å². The Morgan fingerprint density at radius 2 is 2.05 bits per heavy atom. The lowest BCUT2D eigenvalue weighted by atomic mass is 10.1. The van der Waals surface area contributed by atoms with E-state index in [0.717, 1.165) is 5.56 Å². The van der Waals surface area contributed by atoms with Crippen LogP contribution in [0.5, 0.6) is 11.5 Å². The van der Waals surface area contributed by atoms with Gasteiger partial charge in [0, 0.05) is 13.6 Å². The van der Waals surface area contributed by atoms with Crippen LogP contribution in [0.15, 0.2) is 36.4 Å². The molecule has 1 aliphatic heterocycles. The van der Waals surface area contributed by atoms with Crippen molar-refractivity contribution in [2.24, 2.45) is 0 Å². The fourth-order valence-electron chi connectivity index (χ4n) is 2.36. The van der Waals surface area contributed by atoms with Crippen molar-refractivity contribution in [3.05, 3.63) is 58.9 Å². The quantitative estimate of drug-likeness (QED) is 0.850. The van der Waals surface area contributed by atoms with Crippen LogP contribution in [-0.4, -0.2) is 17.9 Å². The Morgan fingerprint density at radius 3 is 2.81 bits per heavy atom. The second kappa shape index (κ2) is 4.91. The molecule has 1 aliphatic rings. The number of carbonyl (C=O) groups is 1. The summed E-state index contributed by atoms with van der Waals surface area (Å²) in [7, 11) is 1.69. The van der Waals surface area contributed by atoms with Crippen LogP contribution in [0.1, 0.15) is 21.5 Å². The van der Waals surface area contributed by atoms with E-state index in [4.69, 9.17) is 10.00 Å². The Labute approximate surface area is 121 Å². The Balaban J connectivity index is 2.08. The summed E-state index contributed by atoms with van der Waals surface area (Å²) in [5.74, 6) is -0.694. The van der Waals surface area contributed by atoms with Gasteiger partial charge in [0.1, 0.15) is 11.8 Å². The van der Waals surface area contributed by atoms with Crippen LogP contribution in [0.2, 0.25) is 0 Å². The number of amides is 1. The summed E-state index contributed by atoms with van der Waals surface area (Å²) in [6.45, 7) is 0.494. The summed E-state index contributed by atoms with van der Waals surface area (Å²) in [4.78, 5) is 13.7. The molecule has 0 aliphatic carbocycles. The Bertz CT molecular complexity index is 780. The van der Waals surface area contributed by atoms with Gasteiger partial charge in [-0.25, -0.2) is 4.39 Å². The summed E-state index contributed by atoms with van der Waals surface area (Å²) >= 11 is 0. The minimum Gasteiger partial charge on any atom is -0.452 e. The van der Waals surface area contributed by atoms with Crippen LogP contribution in [0.3, 0.4) is 0 Å². The number of carbonyl (C=O) groups excluding carboxylic acids is 1. The first-order chi connectivity index (χ1) is 10.1. The average molecular weight is 282 g/mol. The molecule has 3 rings (SSSR count). The van der Waals surface area contributed by atoms with Crippen LogP contribution in [-0.2, 0) is 6.54 Å². The third kappa shape index (κ3) is 2.11. The molecular formula is C16H11FN2O2. The van der Waals surface area contributed by atoms with E-state index >= 15 is 0 Å². The molecule has 0 bridgehead atoms. The Hall–Kier alpha value is -2.87. The Morgan fingerprint density at radius 1 is 1.29 bits per heavy atom. The molecule has 0 atom stereocenters. The lowest BCUT2D eigenvalue weighted by Gasteiger charge is -2.11. The fraction of sp³-hybridized carbons (Fsp3) is 0.125. The van der Waals surface area contributed by atoms with E-state index in [0.29, 0.717) is 12.1 Å². The molecule has 0 spiro atoms. The summed E-state index contributed by atoms with van der Waals surface area (Å²) < 4.78 is 19.4. The zero-order valence-corrected chi connectivity index (χ0v) is 11.3. The standard InChI is InChI=1S/C16H11FN2O2/c1-19-9-11-5-3-7-13(14(11)16(19)20)21-15-10(8-18)4-2-6-12(15)17/h2-7H,9H2,1H3. The zero-order valence-electron chi connectivity index (χ0n) is 11.3. The third-order valence-electron chi connectivity index (χ3n) is 3.38. The van der Waals surface area contributed by atoms with Gasteiger partial charge in [-0.05, 0) is 23.8 Å². The molecule has 1 heterocycles. The molecule has 4 nitrogen and oxygen atoms in total. The maximum Gasteiger partial charge on any atom is 0.258 e. The van der Waals surface area contributed by atoms with Crippen LogP contribution in [0.25, 0.3) is 0 Å². The first-order valence-electron chi connectivity index (χ1n) is 6.35. The highest BCUT2D eigenvalue weighted by atomic mass is 19.1. The van der Waals surface area contributed by atoms with E-state index in [1.54, 1.807) is 24.1 Å². The number of benzene rings is 2. The van der Waals surface area contributed by atoms with Gasteiger partial charge in [-0.1, -0.05) is 18.2 Å². The second-order valence-corrected chi connectivity index (χ2v) is 4.78. The van der Waals surface area contributed by atoms with E-state index in [1.807, 2.05) is 12.1 Å². The summed E-state index contributed by atoms with van der Waals surface area (Å²) in [6.07, 6.45) is 0. The van der Waals surface area contributed by atoms with Crippen LogP contribution in [0, 0.1) is 17.1 Å². The van der Waals surface area contributed by atoms with E-state index in [2.05, 4.69) is 0 Å². The van der Waals surface area contributed by atoms with Crippen molar-refractivity contribution in [1.29, 1.82) is 5.26 Å². The van der Waals surface area contributed by atoms with Crippen LogP contribution < -0.4 is 4.74 Å². The lowest BCUT2D eigenvalue weighted by Crippen LogP contribution is -2.17. The van der Waals surface area contributed by atoms with Crippen molar-refractivity contribution in [3.8, 4) is 17.6 Å². The minimum atomic E-state index is -0.634. The van der Waals surface area contributed by atoms with Gasteiger partial charge in [-0.3, -0.25) is 4.79 Å². The van der Waals surface area contributed by atoms with Crippen molar-refractivity contribution in [2.45, 2.75) is 6.54 Å². The maximum absolute atomic E-state index is 13.9. The number of para-hydroxylation sites is 1. The van der Waals surface area contributed by atoms with E-state index in [1.165, 1.54) is 18.2 Å². The molecule has 2 aromatic rings. The van der Waals surface area contributed by atoms with Gasteiger partial charge in [-0.15, -0.1) is 0 Å². The highest BCUT2D eigenvalue weighted by Gasteiger charge is 2.28. The van der Waals surface area contributed by atoms with Crippen molar-refractivity contribution in [2.75, 3.05) is 7.05 Å². The second-order valence-electron chi connectivity index (χ2n) is 4.78. The molecule has 2 aromatic carbocycles.